The van der Waals surface area contributed by atoms with Gasteiger partial charge in [-0.25, -0.2) is 0 Å². The van der Waals surface area contributed by atoms with Crippen molar-refractivity contribution < 1.29 is 0 Å². The van der Waals surface area contributed by atoms with Crippen LogP contribution in [0.25, 0.3) is 0 Å². The first-order valence-electron chi connectivity index (χ1n) is 6.46. The first-order valence-corrected chi connectivity index (χ1v) is 6.46. The zero-order valence-electron chi connectivity index (χ0n) is 11.3. The fourth-order valence-corrected chi connectivity index (χ4v) is 4.27. The lowest BCUT2D eigenvalue weighted by atomic mass is 9.71. The zero-order chi connectivity index (χ0) is 11.4. The summed E-state index contributed by atoms with van der Waals surface area (Å²) in [6.45, 7) is 9.94. The van der Waals surface area contributed by atoms with Crippen molar-refractivity contribution in [3.8, 4) is 0 Å². The van der Waals surface area contributed by atoms with E-state index in [4.69, 9.17) is 0 Å². The molecule has 88 valence electrons. The van der Waals surface area contributed by atoms with Gasteiger partial charge in [-0.15, -0.1) is 0 Å². The van der Waals surface area contributed by atoms with E-state index in [9.17, 15) is 0 Å². The number of fused-ring (bicyclic) bond motifs is 2. The molecule has 4 atom stereocenters. The van der Waals surface area contributed by atoms with E-state index >= 15 is 0 Å². The van der Waals surface area contributed by atoms with E-state index in [1.807, 2.05) is 0 Å². The Morgan fingerprint density at radius 2 is 1.80 bits per heavy atom. The van der Waals surface area contributed by atoms with Crippen molar-refractivity contribution in [1.29, 1.82) is 0 Å². The molecule has 0 radical (unpaired) electrons. The van der Waals surface area contributed by atoms with Crippen molar-refractivity contribution in [1.82, 2.24) is 4.90 Å². The van der Waals surface area contributed by atoms with E-state index < -0.39 is 0 Å². The van der Waals surface area contributed by atoms with E-state index in [0.29, 0.717) is 10.8 Å². The molecule has 2 fully saturated rings. The molecule has 0 saturated heterocycles. The molecule has 2 aliphatic carbocycles. The van der Waals surface area contributed by atoms with Crippen LogP contribution in [0.15, 0.2) is 0 Å². The van der Waals surface area contributed by atoms with Gasteiger partial charge in [0, 0.05) is 6.04 Å². The van der Waals surface area contributed by atoms with Crippen LogP contribution in [0, 0.1) is 22.7 Å². The molecule has 0 amide bonds. The molecule has 2 saturated carbocycles. The summed E-state index contributed by atoms with van der Waals surface area (Å²) in [5.41, 5.74) is 1.19. The Balaban J connectivity index is 2.22. The molecule has 0 heterocycles. The Bertz CT molecular complexity index is 253. The van der Waals surface area contributed by atoms with Gasteiger partial charge in [-0.1, -0.05) is 20.8 Å². The lowest BCUT2D eigenvalue weighted by molar-refractivity contribution is 0.146. The molecule has 0 aromatic heterocycles. The number of nitrogens with zero attached hydrogens (tertiary/aromatic N) is 1. The summed E-state index contributed by atoms with van der Waals surface area (Å²) in [6, 6.07) is 0.747. The van der Waals surface area contributed by atoms with Crippen LogP contribution in [-0.4, -0.2) is 25.0 Å². The molecule has 0 aliphatic heterocycles. The van der Waals surface area contributed by atoms with Crippen molar-refractivity contribution in [3.05, 3.63) is 0 Å². The quantitative estimate of drug-likeness (QED) is 0.674. The van der Waals surface area contributed by atoms with Crippen LogP contribution in [0.5, 0.6) is 0 Å². The first-order chi connectivity index (χ1) is 6.79. The highest BCUT2D eigenvalue weighted by Gasteiger charge is 2.61. The van der Waals surface area contributed by atoms with Gasteiger partial charge in [-0.3, -0.25) is 0 Å². The number of hydrogen-bond donors (Lipinski definition) is 0. The maximum Gasteiger partial charge on any atom is 0.00921 e. The van der Waals surface area contributed by atoms with Crippen molar-refractivity contribution in [2.45, 2.75) is 53.0 Å². The standard InChI is InChI=1S/C14H27N/c1-10(15(5)6)11-9-14(4)8-7-12(11)13(14,2)3/h10-12H,7-9H2,1-6H3/t10?,11-,12-,14-/m1/s1. The highest BCUT2D eigenvalue weighted by Crippen LogP contribution is 2.68. The zero-order valence-corrected chi connectivity index (χ0v) is 11.3. The summed E-state index contributed by atoms with van der Waals surface area (Å²) in [6.07, 6.45) is 4.37. The SMILES string of the molecule is CC([C@H]1C[C@@]2(C)CC[C@H]1C2(C)C)N(C)C. The monoisotopic (exact) mass is 209 g/mol. The summed E-state index contributed by atoms with van der Waals surface area (Å²) in [4.78, 5) is 2.41. The van der Waals surface area contributed by atoms with Crippen LogP contribution in [0.1, 0.15) is 47.0 Å². The molecule has 0 spiro atoms. The molecule has 2 bridgehead atoms. The van der Waals surface area contributed by atoms with Crippen LogP contribution in [0.3, 0.4) is 0 Å². The molecule has 0 aromatic rings. The van der Waals surface area contributed by atoms with Crippen LogP contribution in [-0.2, 0) is 0 Å². The summed E-state index contributed by atoms with van der Waals surface area (Å²) in [7, 11) is 4.46. The highest BCUT2D eigenvalue weighted by atomic mass is 15.1. The van der Waals surface area contributed by atoms with Gasteiger partial charge in [0.05, 0.1) is 0 Å². The van der Waals surface area contributed by atoms with E-state index in [1.165, 1.54) is 19.3 Å². The van der Waals surface area contributed by atoms with Crippen molar-refractivity contribution in [2.75, 3.05) is 14.1 Å². The van der Waals surface area contributed by atoms with Crippen LogP contribution >= 0.6 is 0 Å². The summed E-state index contributed by atoms with van der Waals surface area (Å²) in [5, 5.41) is 0. The molecule has 1 heteroatoms. The number of rotatable bonds is 2. The molecular formula is C14H27N. The lowest BCUT2D eigenvalue weighted by Crippen LogP contribution is -2.36. The van der Waals surface area contributed by atoms with Crippen molar-refractivity contribution in [2.24, 2.45) is 22.7 Å². The third kappa shape index (κ3) is 1.39. The second-order valence-electron chi connectivity index (χ2n) is 7.00. The van der Waals surface area contributed by atoms with Gasteiger partial charge in [-0.2, -0.15) is 0 Å². The van der Waals surface area contributed by atoms with Crippen molar-refractivity contribution >= 4 is 0 Å². The predicted octanol–water partition coefficient (Wildman–Crippen LogP) is 3.40. The Labute approximate surface area is 95.2 Å². The van der Waals surface area contributed by atoms with E-state index in [1.54, 1.807) is 0 Å². The Morgan fingerprint density at radius 1 is 1.20 bits per heavy atom. The van der Waals surface area contributed by atoms with Crippen LogP contribution in [0.2, 0.25) is 0 Å². The van der Waals surface area contributed by atoms with Gasteiger partial charge < -0.3 is 4.90 Å². The van der Waals surface area contributed by atoms with E-state index in [-0.39, 0.29) is 0 Å². The number of hydrogen-bond acceptors (Lipinski definition) is 1. The fraction of sp³-hybridized carbons (Fsp3) is 1.00. The average Bonchev–Trinajstić information content (AvgIpc) is 2.47. The summed E-state index contributed by atoms with van der Waals surface area (Å²) < 4.78 is 0. The molecule has 0 aromatic carbocycles. The first kappa shape index (κ1) is 11.4. The maximum absolute atomic E-state index is 2.52. The Hall–Kier alpha value is -0.0400. The largest absolute Gasteiger partial charge is 0.306 e. The lowest BCUT2D eigenvalue weighted by Gasteiger charge is -2.34. The topological polar surface area (TPSA) is 3.24 Å². The smallest absolute Gasteiger partial charge is 0.00921 e. The molecule has 1 nitrogen and oxygen atoms in total. The second-order valence-corrected chi connectivity index (χ2v) is 7.00. The Kier molecular flexibility index (Phi) is 2.46. The average molecular weight is 209 g/mol. The molecule has 0 N–H and O–H groups in total. The van der Waals surface area contributed by atoms with E-state index in [2.05, 4.69) is 46.7 Å². The normalized spacial score (nSPS) is 45.0. The molecule has 2 aliphatic rings. The van der Waals surface area contributed by atoms with Gasteiger partial charge >= 0.3 is 0 Å². The maximum atomic E-state index is 2.52. The van der Waals surface area contributed by atoms with Crippen molar-refractivity contribution in [3.63, 3.8) is 0 Å². The van der Waals surface area contributed by atoms with Gasteiger partial charge in [0.25, 0.3) is 0 Å². The summed E-state index contributed by atoms with van der Waals surface area (Å²) in [5.74, 6) is 1.88. The fourth-order valence-electron chi connectivity index (χ4n) is 4.27. The molecule has 15 heavy (non-hydrogen) atoms. The van der Waals surface area contributed by atoms with E-state index in [0.717, 1.165) is 17.9 Å². The second kappa shape index (κ2) is 3.23. The predicted molar refractivity (Wildman–Crippen MR) is 65.9 cm³/mol. The minimum atomic E-state index is 0.571. The molecule has 1 unspecified atom stereocenters. The third-order valence-corrected chi connectivity index (χ3v) is 6.13. The molecule has 2 rings (SSSR count). The Morgan fingerprint density at radius 3 is 2.13 bits per heavy atom. The van der Waals surface area contributed by atoms with Gasteiger partial charge in [-0.05, 0) is 62.9 Å². The molecular weight excluding hydrogens is 182 g/mol. The van der Waals surface area contributed by atoms with Gasteiger partial charge in [0.15, 0.2) is 0 Å². The minimum Gasteiger partial charge on any atom is -0.306 e. The van der Waals surface area contributed by atoms with Gasteiger partial charge in [0.1, 0.15) is 0 Å². The third-order valence-electron chi connectivity index (χ3n) is 6.13. The highest BCUT2D eigenvalue weighted by molar-refractivity contribution is 5.10. The van der Waals surface area contributed by atoms with Crippen LogP contribution in [0.4, 0.5) is 0 Å². The van der Waals surface area contributed by atoms with Gasteiger partial charge in [0.2, 0.25) is 0 Å². The van der Waals surface area contributed by atoms with Crippen LogP contribution < -0.4 is 0 Å². The minimum absolute atomic E-state index is 0.571. The summed E-state index contributed by atoms with van der Waals surface area (Å²) >= 11 is 0.